The lowest BCUT2D eigenvalue weighted by Crippen LogP contribution is -2.54. The van der Waals surface area contributed by atoms with E-state index < -0.39 is 18.8 Å². The molecule has 0 radical (unpaired) electrons. The van der Waals surface area contributed by atoms with Crippen LogP contribution < -0.4 is 5.32 Å². The highest BCUT2D eigenvalue weighted by molar-refractivity contribution is 5.37. The quantitative estimate of drug-likeness (QED) is 0.889. The second-order valence-corrected chi connectivity index (χ2v) is 6.43. The van der Waals surface area contributed by atoms with Crippen LogP contribution in [0.15, 0.2) is 18.2 Å². The number of rotatable bonds is 4. The van der Waals surface area contributed by atoms with Crippen LogP contribution in [0.1, 0.15) is 30.4 Å². The number of benzene rings is 1. The lowest BCUT2D eigenvalue weighted by molar-refractivity contribution is 0.0197. The molecule has 1 fully saturated rings. The molecule has 1 atom stereocenters. The summed E-state index contributed by atoms with van der Waals surface area (Å²) in [6, 6.07) is 6.18. The fraction of sp³-hybridized carbons (Fsp3) is 0.625. The van der Waals surface area contributed by atoms with Gasteiger partial charge in [-0.05, 0) is 55.4 Å². The molecule has 1 unspecified atom stereocenters. The smallest absolute Gasteiger partial charge is 0.115 e. The van der Waals surface area contributed by atoms with E-state index in [1.807, 2.05) is 12.1 Å². The van der Waals surface area contributed by atoms with Gasteiger partial charge >= 0.3 is 0 Å². The van der Waals surface area contributed by atoms with Gasteiger partial charge in [0.2, 0.25) is 0 Å². The number of alkyl halides is 2. The predicted molar refractivity (Wildman–Crippen MR) is 74.5 cm³/mol. The van der Waals surface area contributed by atoms with Gasteiger partial charge < -0.3 is 10.4 Å². The molecule has 0 bridgehead atoms. The van der Waals surface area contributed by atoms with E-state index in [9.17, 15) is 13.9 Å². The normalized spacial score (nSPS) is 25.0. The monoisotopic (exact) mass is 281 g/mol. The SMILES string of the molecule is Oc1ccc2c(c1)CCC(NC1CC(CF)(CF)C1)C2. The first-order valence-electron chi connectivity index (χ1n) is 7.33. The number of nitrogens with one attached hydrogen (secondary N) is 1. The third kappa shape index (κ3) is 2.53. The molecule has 0 amide bonds. The minimum atomic E-state index is -0.698. The summed E-state index contributed by atoms with van der Waals surface area (Å²) in [7, 11) is 0. The maximum absolute atomic E-state index is 12.8. The molecule has 2 aliphatic carbocycles. The van der Waals surface area contributed by atoms with Crippen LogP contribution in [-0.2, 0) is 12.8 Å². The van der Waals surface area contributed by atoms with Crippen molar-refractivity contribution in [2.45, 2.75) is 44.2 Å². The van der Waals surface area contributed by atoms with Crippen molar-refractivity contribution in [3.8, 4) is 5.75 Å². The number of fused-ring (bicyclic) bond motifs is 1. The molecule has 0 aliphatic heterocycles. The van der Waals surface area contributed by atoms with Gasteiger partial charge in [0.05, 0.1) is 13.3 Å². The van der Waals surface area contributed by atoms with Crippen molar-refractivity contribution in [2.75, 3.05) is 13.3 Å². The second-order valence-electron chi connectivity index (χ2n) is 6.43. The van der Waals surface area contributed by atoms with Crippen molar-refractivity contribution in [2.24, 2.45) is 5.41 Å². The summed E-state index contributed by atoms with van der Waals surface area (Å²) in [6.07, 6.45) is 4.12. The molecule has 2 aliphatic rings. The van der Waals surface area contributed by atoms with E-state index in [0.29, 0.717) is 24.6 Å². The lowest BCUT2D eigenvalue weighted by atomic mass is 9.67. The molecule has 2 nitrogen and oxygen atoms in total. The van der Waals surface area contributed by atoms with Gasteiger partial charge in [0.25, 0.3) is 0 Å². The fourth-order valence-corrected chi connectivity index (χ4v) is 3.57. The molecular weight excluding hydrogens is 260 g/mol. The summed E-state index contributed by atoms with van der Waals surface area (Å²) in [5.41, 5.74) is 1.79. The third-order valence-corrected chi connectivity index (χ3v) is 4.82. The molecule has 2 N–H and O–H groups in total. The first-order chi connectivity index (χ1) is 9.64. The molecule has 0 spiro atoms. The van der Waals surface area contributed by atoms with E-state index >= 15 is 0 Å². The van der Waals surface area contributed by atoms with Crippen LogP contribution >= 0.6 is 0 Å². The largest absolute Gasteiger partial charge is 0.508 e. The standard InChI is InChI=1S/C16H21F2NO/c17-9-16(10-18)7-14(8-16)19-13-3-1-12-6-15(20)4-2-11(12)5-13/h2,4,6,13-14,19-20H,1,3,5,7-10H2. The molecule has 20 heavy (non-hydrogen) atoms. The summed E-state index contributed by atoms with van der Waals surface area (Å²) in [5.74, 6) is 0.324. The molecular formula is C16H21F2NO. The van der Waals surface area contributed by atoms with E-state index in [-0.39, 0.29) is 6.04 Å². The Balaban J connectivity index is 1.55. The number of aryl methyl sites for hydroxylation is 1. The molecule has 1 saturated carbocycles. The lowest BCUT2D eigenvalue weighted by Gasteiger charge is -2.46. The summed E-state index contributed by atoms with van der Waals surface area (Å²) < 4.78 is 25.6. The molecule has 1 aromatic rings. The van der Waals surface area contributed by atoms with Gasteiger partial charge in [0, 0.05) is 17.5 Å². The van der Waals surface area contributed by atoms with E-state index in [2.05, 4.69) is 5.32 Å². The number of phenols is 1. The van der Waals surface area contributed by atoms with Crippen LogP contribution in [0.3, 0.4) is 0 Å². The van der Waals surface area contributed by atoms with E-state index in [1.54, 1.807) is 6.07 Å². The predicted octanol–water partition coefficient (Wildman–Crippen LogP) is 2.93. The Kier molecular flexibility index (Phi) is 3.67. The Hall–Kier alpha value is -1.16. The third-order valence-electron chi connectivity index (χ3n) is 4.82. The van der Waals surface area contributed by atoms with E-state index in [1.165, 1.54) is 11.1 Å². The van der Waals surface area contributed by atoms with Crippen molar-refractivity contribution in [3.05, 3.63) is 29.3 Å². The highest BCUT2D eigenvalue weighted by Gasteiger charge is 2.45. The summed E-state index contributed by atoms with van der Waals surface area (Å²) in [5, 5.41) is 13.0. The van der Waals surface area contributed by atoms with Gasteiger partial charge in [0.15, 0.2) is 0 Å². The summed E-state index contributed by atoms with van der Waals surface area (Å²) in [6.45, 7) is -1.09. The maximum Gasteiger partial charge on any atom is 0.115 e. The van der Waals surface area contributed by atoms with Crippen LogP contribution in [0, 0.1) is 5.41 Å². The molecule has 110 valence electrons. The zero-order valence-corrected chi connectivity index (χ0v) is 11.5. The van der Waals surface area contributed by atoms with Crippen LogP contribution in [0.2, 0.25) is 0 Å². The Bertz CT molecular complexity index is 479. The van der Waals surface area contributed by atoms with Gasteiger partial charge in [-0.1, -0.05) is 6.07 Å². The molecule has 3 rings (SSSR count). The fourth-order valence-electron chi connectivity index (χ4n) is 3.57. The van der Waals surface area contributed by atoms with E-state index in [0.717, 1.165) is 19.3 Å². The zero-order valence-electron chi connectivity index (χ0n) is 11.5. The van der Waals surface area contributed by atoms with Crippen LogP contribution in [0.4, 0.5) is 8.78 Å². The van der Waals surface area contributed by atoms with Crippen molar-refractivity contribution in [1.29, 1.82) is 0 Å². The average Bonchev–Trinajstić information content (AvgIpc) is 2.42. The molecule has 0 aromatic heterocycles. The maximum atomic E-state index is 12.8. The molecule has 0 saturated heterocycles. The van der Waals surface area contributed by atoms with Gasteiger partial charge in [0.1, 0.15) is 5.75 Å². The van der Waals surface area contributed by atoms with Gasteiger partial charge in [-0.3, -0.25) is 8.78 Å². The number of hydrogen-bond acceptors (Lipinski definition) is 2. The number of hydrogen-bond donors (Lipinski definition) is 2. The Labute approximate surface area is 118 Å². The van der Waals surface area contributed by atoms with Crippen LogP contribution in [0.5, 0.6) is 5.75 Å². The van der Waals surface area contributed by atoms with Gasteiger partial charge in [-0.25, -0.2) is 0 Å². The second kappa shape index (κ2) is 5.32. The van der Waals surface area contributed by atoms with Crippen LogP contribution in [-0.4, -0.2) is 30.5 Å². The highest BCUT2D eigenvalue weighted by Crippen LogP contribution is 2.42. The Morgan fingerprint density at radius 3 is 2.60 bits per heavy atom. The van der Waals surface area contributed by atoms with Crippen molar-refractivity contribution in [3.63, 3.8) is 0 Å². The Morgan fingerprint density at radius 1 is 1.15 bits per heavy atom. The van der Waals surface area contributed by atoms with Crippen LogP contribution in [0.25, 0.3) is 0 Å². The van der Waals surface area contributed by atoms with Gasteiger partial charge in [-0.2, -0.15) is 0 Å². The zero-order chi connectivity index (χ0) is 14.2. The topological polar surface area (TPSA) is 32.3 Å². The number of aromatic hydroxyl groups is 1. The minimum absolute atomic E-state index is 0.255. The number of halogens is 2. The molecule has 0 heterocycles. The minimum Gasteiger partial charge on any atom is -0.508 e. The average molecular weight is 281 g/mol. The summed E-state index contributed by atoms with van der Waals surface area (Å²) in [4.78, 5) is 0. The molecule has 4 heteroatoms. The molecule has 1 aromatic carbocycles. The Morgan fingerprint density at radius 2 is 1.90 bits per heavy atom. The van der Waals surface area contributed by atoms with Crippen molar-refractivity contribution < 1.29 is 13.9 Å². The highest BCUT2D eigenvalue weighted by atomic mass is 19.1. The number of phenolic OH excluding ortho intramolecular Hbond substituents is 1. The first kappa shape index (κ1) is 13.8. The summed E-state index contributed by atoms with van der Waals surface area (Å²) >= 11 is 0. The van der Waals surface area contributed by atoms with E-state index in [4.69, 9.17) is 0 Å². The van der Waals surface area contributed by atoms with Crippen molar-refractivity contribution >= 4 is 0 Å². The van der Waals surface area contributed by atoms with Gasteiger partial charge in [-0.15, -0.1) is 0 Å². The van der Waals surface area contributed by atoms with Crippen molar-refractivity contribution in [1.82, 2.24) is 5.32 Å². The first-order valence-corrected chi connectivity index (χ1v) is 7.33.